The molecular formula is C70H60BN5OPt. The molecule has 384 valence electrons. The van der Waals surface area contributed by atoms with Gasteiger partial charge >= 0.3 is 406 Å². The average Bonchev–Trinajstić information content (AvgIpc) is 1.61. The van der Waals surface area contributed by atoms with E-state index in [-0.39, 0.29) is 39.3 Å². The molecule has 0 fully saturated rings. The van der Waals surface area contributed by atoms with Crippen LogP contribution in [0.1, 0.15) is 74.7 Å². The summed E-state index contributed by atoms with van der Waals surface area (Å²) in [6, 6.07) is 55.7. The van der Waals surface area contributed by atoms with E-state index in [9.17, 15) is 5.48 Å². The van der Waals surface area contributed by atoms with E-state index in [0.717, 1.165) is 39.2 Å². The van der Waals surface area contributed by atoms with Gasteiger partial charge < -0.3 is 0 Å². The van der Waals surface area contributed by atoms with E-state index in [4.69, 9.17) is 22.1 Å². The van der Waals surface area contributed by atoms with Crippen molar-refractivity contribution in [1.82, 2.24) is 14.1 Å². The number of hydrogen-bond acceptors (Lipinski definition) is 4. The van der Waals surface area contributed by atoms with Crippen molar-refractivity contribution >= 4 is 46.4 Å². The number of imidazole rings is 1. The SMILES string of the molecule is [2H]c1c([2H])c([2H])c(-c2cc(C([2H])([2H])[2H])cc(-c3ccc(C(C)(C)C)cc3)c2-n2[c](=[Pt])n(-c3ccc(-c4ccccc4C([2H])([2H])C(C)C)c(Oc4cc(C([2H])([2H])[2H])cc(N5B6c7ccccc7-c7ccccc7N6c6ccccc65)n4)c3)c3ccccc32)c([2H])c1[2H]. The number of benzene rings is 9. The Morgan fingerprint density at radius 2 is 1.21 bits per heavy atom. The second-order valence-corrected chi connectivity index (χ2v) is 22.1. The van der Waals surface area contributed by atoms with Gasteiger partial charge in [-0.15, -0.1) is 0 Å². The maximum atomic E-state index is 9.49. The van der Waals surface area contributed by atoms with Gasteiger partial charge in [0.15, 0.2) is 0 Å². The maximum absolute atomic E-state index is 9.49. The zero-order chi connectivity index (χ0) is 64.5. The van der Waals surface area contributed by atoms with Gasteiger partial charge in [0.05, 0.1) is 0 Å². The summed E-state index contributed by atoms with van der Waals surface area (Å²) in [5, 5.41) is 0. The molecule has 0 unspecified atom stereocenters. The van der Waals surface area contributed by atoms with Crippen LogP contribution in [0.4, 0.5) is 22.9 Å². The number of aromatic nitrogens is 3. The molecule has 0 N–H and O–H groups in total. The zero-order valence-corrected chi connectivity index (χ0v) is 45.8. The number of fused-ring (bicyclic) bond motifs is 9. The Hall–Kier alpha value is -8.25. The second kappa shape index (κ2) is 19.6. The van der Waals surface area contributed by atoms with Gasteiger partial charge in [-0.25, -0.2) is 0 Å². The van der Waals surface area contributed by atoms with Crippen LogP contribution in [0, 0.1) is 23.4 Å². The van der Waals surface area contributed by atoms with Crippen molar-refractivity contribution in [2.24, 2.45) is 5.92 Å². The summed E-state index contributed by atoms with van der Waals surface area (Å²) in [4.78, 5) is 9.59. The molecule has 13 rings (SSSR count). The van der Waals surface area contributed by atoms with Crippen molar-refractivity contribution in [1.29, 1.82) is 0 Å². The normalized spacial score (nSPS) is 15.6. The Bertz CT molecular complexity index is 4810. The molecule has 78 heavy (non-hydrogen) atoms. The first kappa shape index (κ1) is 36.7. The number of aryl methyl sites for hydroxylation is 2. The monoisotopic (exact) mass is 1210 g/mol. The molecule has 2 aliphatic rings. The third kappa shape index (κ3) is 8.56. The van der Waals surface area contributed by atoms with Crippen molar-refractivity contribution in [3.63, 3.8) is 0 Å². The third-order valence-corrected chi connectivity index (χ3v) is 15.6. The molecule has 0 amide bonds. The quantitative estimate of drug-likeness (QED) is 0.128. The van der Waals surface area contributed by atoms with Crippen LogP contribution in [0.3, 0.4) is 0 Å². The topological polar surface area (TPSA) is 38.5 Å². The van der Waals surface area contributed by atoms with Gasteiger partial charge in [0.25, 0.3) is 0 Å². The zero-order valence-electron chi connectivity index (χ0n) is 56.5. The Morgan fingerprint density at radius 3 is 1.92 bits per heavy atom. The van der Waals surface area contributed by atoms with Crippen LogP contribution in [0.5, 0.6) is 11.6 Å². The minimum atomic E-state index is -2.70. The Kier molecular flexibility index (Phi) is 9.25. The molecule has 0 atom stereocenters. The van der Waals surface area contributed by atoms with E-state index in [0.29, 0.717) is 59.8 Å². The van der Waals surface area contributed by atoms with Gasteiger partial charge in [-0.2, -0.15) is 0 Å². The molecule has 8 heteroatoms. The molecular weight excluding hydrogens is 1130 g/mol. The van der Waals surface area contributed by atoms with Gasteiger partial charge in [-0.3, -0.25) is 0 Å². The van der Waals surface area contributed by atoms with Crippen molar-refractivity contribution in [3.8, 4) is 67.5 Å². The van der Waals surface area contributed by atoms with E-state index >= 15 is 0 Å². The van der Waals surface area contributed by atoms with Crippen molar-refractivity contribution < 1.29 is 41.9 Å². The fourth-order valence-electron chi connectivity index (χ4n) is 11.2. The predicted octanol–water partition coefficient (Wildman–Crippen LogP) is 17.5. The summed E-state index contributed by atoms with van der Waals surface area (Å²) >= 11 is 2.20. The van der Waals surface area contributed by atoms with Gasteiger partial charge in [0.1, 0.15) is 0 Å². The van der Waals surface area contributed by atoms with Gasteiger partial charge in [0, 0.05) is 11.3 Å². The van der Waals surface area contributed by atoms with Crippen LogP contribution in [0.25, 0.3) is 66.9 Å². The van der Waals surface area contributed by atoms with E-state index < -0.39 is 63.2 Å². The number of anilines is 4. The molecule has 11 aromatic rings. The summed E-state index contributed by atoms with van der Waals surface area (Å²) in [5.41, 5.74) is 10.8. The average molecular weight is 1210 g/mol. The molecule has 0 aliphatic carbocycles. The van der Waals surface area contributed by atoms with Crippen LogP contribution in [-0.2, 0) is 31.1 Å². The fourth-order valence-corrected chi connectivity index (χ4v) is 12.3. The van der Waals surface area contributed by atoms with Crippen LogP contribution < -0.4 is 19.8 Å². The van der Waals surface area contributed by atoms with E-state index in [2.05, 4.69) is 74.0 Å². The number of ether oxygens (including phenoxy) is 1. The van der Waals surface area contributed by atoms with Crippen molar-refractivity contribution in [2.75, 3.05) is 9.62 Å². The number of nitrogens with zero attached hydrogens (tertiary/aromatic N) is 5. The number of rotatable bonds is 10. The number of pyridine rings is 1. The number of para-hydroxylation sites is 5. The molecule has 0 saturated carbocycles. The summed E-state index contributed by atoms with van der Waals surface area (Å²) in [7, 11) is 0. The summed E-state index contributed by atoms with van der Waals surface area (Å²) in [6.45, 7) is 4.08. The van der Waals surface area contributed by atoms with E-state index in [1.165, 1.54) is 12.1 Å². The van der Waals surface area contributed by atoms with Crippen LogP contribution in [0.2, 0.25) is 0 Å². The van der Waals surface area contributed by atoms with Crippen LogP contribution in [0.15, 0.2) is 218 Å². The van der Waals surface area contributed by atoms with Gasteiger partial charge in [-0.1, -0.05) is 54.6 Å². The molecule has 2 aliphatic heterocycles. The van der Waals surface area contributed by atoms with Gasteiger partial charge in [0.2, 0.25) is 0 Å². The first-order chi connectivity index (χ1) is 43.1. The Morgan fingerprint density at radius 1 is 0.590 bits per heavy atom. The summed E-state index contributed by atoms with van der Waals surface area (Å²) < 4.78 is 129. The second-order valence-electron chi connectivity index (χ2n) is 21.0. The molecule has 4 heterocycles. The fraction of sp³-hybridized carbons (Fsp3) is 0.143. The summed E-state index contributed by atoms with van der Waals surface area (Å²) in [6.07, 6.45) is -1.83. The number of hydrogen-bond donors (Lipinski definition) is 0. The predicted molar refractivity (Wildman–Crippen MR) is 321 cm³/mol. The first-order valence-corrected chi connectivity index (χ1v) is 27.1. The molecule has 0 bridgehead atoms. The third-order valence-electron chi connectivity index (χ3n) is 14.6. The molecule has 0 radical (unpaired) electrons. The van der Waals surface area contributed by atoms with E-state index in [1.54, 1.807) is 30.3 Å². The van der Waals surface area contributed by atoms with E-state index in [1.807, 2.05) is 144 Å². The first-order valence-electron chi connectivity index (χ1n) is 32.5. The Balaban J connectivity index is 1.07. The summed E-state index contributed by atoms with van der Waals surface area (Å²) in [5.74, 6) is 0.00678. The molecule has 0 spiro atoms. The van der Waals surface area contributed by atoms with Gasteiger partial charge in [-0.05, 0) is 17.7 Å². The molecule has 9 aromatic carbocycles. The molecule has 6 nitrogen and oxygen atoms in total. The van der Waals surface area contributed by atoms with Crippen molar-refractivity contribution in [3.05, 3.63) is 244 Å². The van der Waals surface area contributed by atoms with Crippen molar-refractivity contribution in [2.45, 2.75) is 60.1 Å². The molecule has 2 aromatic heterocycles. The minimum absolute atomic E-state index is 0.0301. The Labute approximate surface area is 487 Å². The van der Waals surface area contributed by atoms with Crippen LogP contribution >= 0.6 is 0 Å². The van der Waals surface area contributed by atoms with Crippen LogP contribution in [-0.4, -0.2) is 21.1 Å². The molecule has 0 saturated heterocycles. The standard InChI is InChI=1S/C70H60BN5O.Pt/c1-46(2)39-51-23-11-12-24-54(51)57-38-37-53(73-45-74(63-30-18-17-29-62(63)73)69-58(49-21-9-8-10-22-49)40-47(3)41-59(69)50-33-35-52(36-34-50)70(5,6)7)44-66(57)77-68-43-48(4)42-67(72-68)76-65-32-20-19-31-64(65)75-61-28-16-14-26-56(61)55-25-13-15-27-60(55)71(75)76;/h8-38,40-44,46H,39H2,1-7H3;/i3D3,4D3,8D,9D,10D,21D,22D,39D2;.